The molecule has 5 nitrogen and oxygen atoms in total. The largest absolute Gasteiger partial charge is 0.374 e. The lowest BCUT2D eigenvalue weighted by Gasteiger charge is -1.94. The van der Waals surface area contributed by atoms with Gasteiger partial charge in [0, 0.05) is 12.7 Å². The van der Waals surface area contributed by atoms with Gasteiger partial charge in [0.1, 0.15) is 11.6 Å². The summed E-state index contributed by atoms with van der Waals surface area (Å²) in [6.45, 7) is 2.94. The number of hydrogen-bond acceptors (Lipinski definition) is 5. The van der Waals surface area contributed by atoms with E-state index in [-0.39, 0.29) is 5.56 Å². The lowest BCUT2D eigenvalue weighted by molar-refractivity contribution is 0.133. The van der Waals surface area contributed by atoms with Crippen molar-refractivity contribution in [3.05, 3.63) is 63.0 Å². The van der Waals surface area contributed by atoms with Gasteiger partial charge < -0.3 is 4.74 Å². The molecule has 0 aliphatic rings. The molecule has 0 bridgehead atoms. The van der Waals surface area contributed by atoms with Crippen LogP contribution in [0.1, 0.15) is 23.2 Å². The summed E-state index contributed by atoms with van der Waals surface area (Å²) in [5.74, 6) is 0. The molecule has 6 heteroatoms. The van der Waals surface area contributed by atoms with Crippen molar-refractivity contribution in [2.45, 2.75) is 13.5 Å². The Kier molecular flexibility index (Phi) is 4.41. The van der Waals surface area contributed by atoms with Crippen LogP contribution in [0.25, 0.3) is 17.1 Å². The molecule has 0 aliphatic carbocycles. The van der Waals surface area contributed by atoms with Gasteiger partial charge >= 0.3 is 0 Å². The lowest BCUT2D eigenvalue weighted by atomic mass is 10.2. The maximum atomic E-state index is 12.1. The zero-order valence-corrected chi connectivity index (χ0v) is 12.9. The van der Waals surface area contributed by atoms with Gasteiger partial charge in [0.2, 0.25) is 4.96 Å². The Morgan fingerprint density at radius 3 is 2.86 bits per heavy atom. The normalized spacial score (nSPS) is 11.5. The molecule has 2 heterocycles. The fourth-order valence-electron chi connectivity index (χ4n) is 1.95. The monoisotopic (exact) mass is 313 g/mol. The molecule has 0 amide bonds. The molecule has 0 N–H and O–H groups in total. The summed E-state index contributed by atoms with van der Waals surface area (Å²) in [5, 5.41) is 4.97. The van der Waals surface area contributed by atoms with Gasteiger partial charge in [-0.1, -0.05) is 47.7 Å². The van der Waals surface area contributed by atoms with E-state index in [0.29, 0.717) is 23.9 Å². The Bertz CT molecular complexity index is 853. The Morgan fingerprint density at radius 2 is 2.09 bits per heavy atom. The van der Waals surface area contributed by atoms with E-state index in [2.05, 4.69) is 10.1 Å². The first kappa shape index (κ1) is 14.6. The predicted molar refractivity (Wildman–Crippen MR) is 87.8 cm³/mol. The van der Waals surface area contributed by atoms with E-state index in [4.69, 9.17) is 4.74 Å². The topological polar surface area (TPSA) is 56.5 Å². The van der Waals surface area contributed by atoms with Crippen LogP contribution in [0.2, 0.25) is 0 Å². The van der Waals surface area contributed by atoms with E-state index in [0.717, 1.165) is 10.6 Å². The summed E-state index contributed by atoms with van der Waals surface area (Å²) in [6, 6.07) is 11.4. The summed E-state index contributed by atoms with van der Waals surface area (Å²) >= 11 is 1.37. The highest BCUT2D eigenvalue weighted by molar-refractivity contribution is 7.16. The van der Waals surface area contributed by atoms with Crippen LogP contribution >= 0.6 is 11.3 Å². The SMILES string of the molecule is CCOCc1nn2c(=O)cc(C=Cc3ccccc3)nc2s1. The first-order valence-corrected chi connectivity index (χ1v) is 7.78. The number of benzene rings is 1. The molecule has 0 saturated carbocycles. The summed E-state index contributed by atoms with van der Waals surface area (Å²) in [6.07, 6.45) is 3.76. The fourth-order valence-corrected chi connectivity index (χ4v) is 2.79. The van der Waals surface area contributed by atoms with Crippen molar-refractivity contribution >= 4 is 28.4 Å². The minimum atomic E-state index is -0.184. The average Bonchev–Trinajstić information content (AvgIpc) is 2.95. The van der Waals surface area contributed by atoms with Crippen LogP contribution in [0.15, 0.2) is 41.2 Å². The van der Waals surface area contributed by atoms with Crippen LogP contribution in [0.4, 0.5) is 0 Å². The third-order valence-corrected chi connectivity index (χ3v) is 3.86. The highest BCUT2D eigenvalue weighted by Crippen LogP contribution is 2.13. The Balaban J connectivity index is 1.91. The standard InChI is InChI=1S/C16H15N3O2S/c1-2-21-11-14-18-19-15(20)10-13(17-16(19)22-14)9-8-12-6-4-3-5-7-12/h3-10H,2,11H2,1H3. The van der Waals surface area contributed by atoms with E-state index < -0.39 is 0 Å². The second-order valence-corrected chi connectivity index (χ2v) is 5.63. The van der Waals surface area contributed by atoms with Crippen LogP contribution < -0.4 is 5.56 Å². The minimum Gasteiger partial charge on any atom is -0.374 e. The van der Waals surface area contributed by atoms with Gasteiger partial charge in [-0.2, -0.15) is 9.61 Å². The zero-order valence-electron chi connectivity index (χ0n) is 12.1. The number of rotatable bonds is 5. The number of nitrogens with zero attached hydrogens (tertiary/aromatic N) is 3. The van der Waals surface area contributed by atoms with Gasteiger partial charge in [-0.25, -0.2) is 4.98 Å². The number of fused-ring (bicyclic) bond motifs is 1. The van der Waals surface area contributed by atoms with Crippen molar-refractivity contribution in [1.82, 2.24) is 14.6 Å². The Hall–Kier alpha value is -2.31. The first-order chi connectivity index (χ1) is 10.8. The molecule has 2 aromatic heterocycles. The van der Waals surface area contributed by atoms with Gasteiger partial charge in [-0.3, -0.25) is 4.79 Å². The predicted octanol–water partition coefficient (Wildman–Crippen LogP) is 2.86. The van der Waals surface area contributed by atoms with Crippen molar-refractivity contribution in [2.75, 3.05) is 6.61 Å². The Morgan fingerprint density at radius 1 is 1.27 bits per heavy atom. The molecular formula is C16H15N3O2S. The van der Waals surface area contributed by atoms with E-state index in [1.54, 1.807) is 0 Å². The summed E-state index contributed by atoms with van der Waals surface area (Å²) in [4.78, 5) is 17.1. The molecule has 3 rings (SSSR count). The maximum Gasteiger partial charge on any atom is 0.275 e. The van der Waals surface area contributed by atoms with Crippen LogP contribution in [0.3, 0.4) is 0 Å². The number of hydrogen-bond donors (Lipinski definition) is 0. The molecule has 0 saturated heterocycles. The molecule has 0 radical (unpaired) electrons. The smallest absolute Gasteiger partial charge is 0.275 e. The van der Waals surface area contributed by atoms with Gasteiger partial charge in [0.25, 0.3) is 5.56 Å². The molecule has 0 fully saturated rings. The highest BCUT2D eigenvalue weighted by Gasteiger charge is 2.07. The minimum absolute atomic E-state index is 0.184. The third kappa shape index (κ3) is 3.29. The zero-order chi connectivity index (χ0) is 15.4. The van der Waals surface area contributed by atoms with Crippen molar-refractivity contribution in [3.8, 4) is 0 Å². The van der Waals surface area contributed by atoms with Gasteiger partial charge in [-0.15, -0.1) is 0 Å². The average molecular weight is 313 g/mol. The third-order valence-electron chi connectivity index (χ3n) is 2.98. The second kappa shape index (κ2) is 6.64. The summed E-state index contributed by atoms with van der Waals surface area (Å²) < 4.78 is 6.63. The van der Waals surface area contributed by atoms with Crippen LogP contribution in [-0.2, 0) is 11.3 Å². The molecule has 22 heavy (non-hydrogen) atoms. The van der Waals surface area contributed by atoms with Gasteiger partial charge in [0.15, 0.2) is 0 Å². The maximum absolute atomic E-state index is 12.1. The van der Waals surface area contributed by atoms with E-state index >= 15 is 0 Å². The highest BCUT2D eigenvalue weighted by atomic mass is 32.1. The van der Waals surface area contributed by atoms with Crippen molar-refractivity contribution in [3.63, 3.8) is 0 Å². The van der Waals surface area contributed by atoms with Crippen LogP contribution in [0.5, 0.6) is 0 Å². The van der Waals surface area contributed by atoms with E-state index in [1.807, 2.05) is 49.4 Å². The molecule has 112 valence electrons. The van der Waals surface area contributed by atoms with E-state index in [1.165, 1.54) is 21.9 Å². The molecule has 0 unspecified atom stereocenters. The van der Waals surface area contributed by atoms with Crippen molar-refractivity contribution in [1.29, 1.82) is 0 Å². The van der Waals surface area contributed by atoms with E-state index in [9.17, 15) is 4.79 Å². The second-order valence-electron chi connectivity index (χ2n) is 4.59. The lowest BCUT2D eigenvalue weighted by Crippen LogP contribution is -2.14. The molecular weight excluding hydrogens is 298 g/mol. The molecule has 0 aliphatic heterocycles. The fraction of sp³-hybridized carbons (Fsp3) is 0.188. The van der Waals surface area contributed by atoms with Gasteiger partial charge in [-0.05, 0) is 18.6 Å². The molecule has 0 spiro atoms. The first-order valence-electron chi connectivity index (χ1n) is 6.97. The molecule has 3 aromatic rings. The van der Waals surface area contributed by atoms with Crippen molar-refractivity contribution < 1.29 is 4.74 Å². The summed E-state index contributed by atoms with van der Waals surface area (Å²) in [7, 11) is 0. The van der Waals surface area contributed by atoms with Gasteiger partial charge in [0.05, 0.1) is 5.69 Å². The van der Waals surface area contributed by atoms with Crippen LogP contribution in [0, 0.1) is 0 Å². The van der Waals surface area contributed by atoms with Crippen molar-refractivity contribution in [2.24, 2.45) is 0 Å². The number of aromatic nitrogens is 3. The molecule has 1 aromatic carbocycles. The quantitative estimate of drug-likeness (QED) is 0.727. The molecule has 0 atom stereocenters. The number of ether oxygens (including phenoxy) is 1. The Labute approximate surface area is 131 Å². The summed E-state index contributed by atoms with van der Waals surface area (Å²) in [5.41, 5.74) is 1.50. The van der Waals surface area contributed by atoms with Crippen LogP contribution in [-0.4, -0.2) is 21.2 Å².